The van der Waals surface area contributed by atoms with Crippen LogP contribution in [-0.2, 0) is 9.53 Å². The minimum atomic E-state index is -0.823. The van der Waals surface area contributed by atoms with Crippen LogP contribution in [0.5, 0.6) is 5.75 Å². The molecule has 2 rings (SSSR count). The van der Waals surface area contributed by atoms with Crippen molar-refractivity contribution >= 4 is 5.91 Å². The number of benzene rings is 1. The fraction of sp³-hybridized carbons (Fsp3) is 0.500. The summed E-state index contributed by atoms with van der Waals surface area (Å²) < 4.78 is 36.2. The lowest BCUT2D eigenvalue weighted by molar-refractivity contribution is -0.123. The number of morpholine rings is 1. The van der Waals surface area contributed by atoms with Crippen LogP contribution in [0.1, 0.15) is 0 Å². The molecule has 1 fully saturated rings. The monoisotopic (exact) mass is 300 g/mol. The Hall–Kier alpha value is -1.73. The lowest BCUT2D eigenvalue weighted by atomic mass is 10.3. The van der Waals surface area contributed by atoms with Crippen molar-refractivity contribution in [2.24, 2.45) is 0 Å². The van der Waals surface area contributed by atoms with Crippen LogP contribution in [0, 0.1) is 11.6 Å². The van der Waals surface area contributed by atoms with E-state index in [0.717, 1.165) is 31.8 Å². The van der Waals surface area contributed by atoms with Gasteiger partial charge in [0.15, 0.2) is 18.2 Å². The molecule has 0 spiro atoms. The largest absolute Gasteiger partial charge is 0.481 e. The first kappa shape index (κ1) is 15.7. The molecule has 1 saturated heterocycles. The Bertz CT molecular complexity index is 479. The van der Waals surface area contributed by atoms with E-state index in [2.05, 4.69) is 10.2 Å². The van der Waals surface area contributed by atoms with Gasteiger partial charge in [-0.05, 0) is 12.1 Å². The molecule has 1 aromatic rings. The van der Waals surface area contributed by atoms with Crippen LogP contribution in [0.15, 0.2) is 18.2 Å². The lowest BCUT2D eigenvalue weighted by Crippen LogP contribution is -2.42. The zero-order valence-corrected chi connectivity index (χ0v) is 11.6. The third-order valence-corrected chi connectivity index (χ3v) is 3.11. The van der Waals surface area contributed by atoms with Crippen LogP contribution in [0.3, 0.4) is 0 Å². The Morgan fingerprint density at radius 1 is 1.33 bits per heavy atom. The van der Waals surface area contributed by atoms with Crippen molar-refractivity contribution in [1.82, 2.24) is 10.2 Å². The van der Waals surface area contributed by atoms with E-state index in [0.29, 0.717) is 25.8 Å². The molecule has 21 heavy (non-hydrogen) atoms. The maximum atomic E-state index is 13.3. The molecule has 0 aliphatic carbocycles. The molecule has 0 atom stereocenters. The van der Waals surface area contributed by atoms with E-state index in [1.165, 1.54) is 0 Å². The smallest absolute Gasteiger partial charge is 0.257 e. The van der Waals surface area contributed by atoms with E-state index in [9.17, 15) is 13.6 Å². The van der Waals surface area contributed by atoms with Gasteiger partial charge in [-0.15, -0.1) is 0 Å². The van der Waals surface area contributed by atoms with Crippen molar-refractivity contribution in [3.05, 3.63) is 29.8 Å². The maximum absolute atomic E-state index is 13.3. The Morgan fingerprint density at radius 2 is 2.10 bits per heavy atom. The topological polar surface area (TPSA) is 50.8 Å². The summed E-state index contributed by atoms with van der Waals surface area (Å²) in [4.78, 5) is 13.7. The van der Waals surface area contributed by atoms with E-state index in [-0.39, 0.29) is 18.3 Å². The van der Waals surface area contributed by atoms with Crippen LogP contribution in [-0.4, -0.2) is 56.8 Å². The number of hydrogen-bond donors (Lipinski definition) is 1. The molecule has 1 aromatic carbocycles. The van der Waals surface area contributed by atoms with Gasteiger partial charge in [-0.1, -0.05) is 0 Å². The number of nitrogens with one attached hydrogen (secondary N) is 1. The fourth-order valence-corrected chi connectivity index (χ4v) is 1.96. The summed E-state index contributed by atoms with van der Waals surface area (Å²) in [6.07, 6.45) is 0. The molecule has 116 valence electrons. The first-order chi connectivity index (χ1) is 10.1. The van der Waals surface area contributed by atoms with Gasteiger partial charge in [0.05, 0.1) is 13.2 Å². The van der Waals surface area contributed by atoms with Gasteiger partial charge in [0.1, 0.15) is 5.82 Å². The summed E-state index contributed by atoms with van der Waals surface area (Å²) in [6.45, 7) is 4.06. The van der Waals surface area contributed by atoms with Crippen LogP contribution in [0.4, 0.5) is 8.78 Å². The van der Waals surface area contributed by atoms with E-state index in [4.69, 9.17) is 9.47 Å². The molecular weight excluding hydrogens is 282 g/mol. The zero-order chi connectivity index (χ0) is 15.1. The van der Waals surface area contributed by atoms with Gasteiger partial charge >= 0.3 is 0 Å². The lowest BCUT2D eigenvalue weighted by Gasteiger charge is -2.26. The molecule has 1 heterocycles. The Labute approximate surface area is 121 Å². The van der Waals surface area contributed by atoms with E-state index in [1.54, 1.807) is 0 Å². The summed E-state index contributed by atoms with van der Waals surface area (Å²) in [5.74, 6) is -1.99. The van der Waals surface area contributed by atoms with Crippen LogP contribution >= 0.6 is 0 Å². The molecule has 5 nitrogen and oxygen atoms in total. The van der Waals surface area contributed by atoms with Crippen LogP contribution in [0.2, 0.25) is 0 Å². The van der Waals surface area contributed by atoms with Gasteiger partial charge in [-0.2, -0.15) is 0 Å². The van der Waals surface area contributed by atoms with Gasteiger partial charge in [0, 0.05) is 32.2 Å². The fourth-order valence-electron chi connectivity index (χ4n) is 1.96. The molecule has 0 saturated carbocycles. The summed E-state index contributed by atoms with van der Waals surface area (Å²) in [7, 11) is 0. The van der Waals surface area contributed by atoms with Gasteiger partial charge in [-0.3, -0.25) is 9.69 Å². The van der Waals surface area contributed by atoms with Crippen molar-refractivity contribution in [1.29, 1.82) is 0 Å². The molecule has 1 N–H and O–H groups in total. The Balaban J connectivity index is 1.65. The first-order valence-electron chi connectivity index (χ1n) is 6.80. The van der Waals surface area contributed by atoms with Crippen LogP contribution < -0.4 is 10.1 Å². The van der Waals surface area contributed by atoms with Crippen molar-refractivity contribution in [2.75, 3.05) is 46.0 Å². The molecule has 1 amide bonds. The number of rotatable bonds is 6. The minimum Gasteiger partial charge on any atom is -0.481 e. The zero-order valence-electron chi connectivity index (χ0n) is 11.6. The highest BCUT2D eigenvalue weighted by Crippen LogP contribution is 2.17. The second-order valence-corrected chi connectivity index (χ2v) is 4.67. The standard InChI is InChI=1S/C14H18F2N2O3/c15-11-1-2-13(12(16)9-11)21-10-14(19)17-3-4-18-5-7-20-8-6-18/h1-2,9H,3-8,10H2,(H,17,19). The Morgan fingerprint density at radius 3 is 2.81 bits per heavy atom. The summed E-state index contributed by atoms with van der Waals surface area (Å²) in [6, 6.07) is 2.95. The number of amides is 1. The predicted molar refractivity (Wildman–Crippen MR) is 72.1 cm³/mol. The van der Waals surface area contributed by atoms with Gasteiger partial charge in [0.25, 0.3) is 5.91 Å². The molecule has 0 bridgehead atoms. The maximum Gasteiger partial charge on any atom is 0.257 e. The molecular formula is C14H18F2N2O3. The molecule has 7 heteroatoms. The van der Waals surface area contributed by atoms with E-state index >= 15 is 0 Å². The normalized spacial score (nSPS) is 15.7. The number of ether oxygens (including phenoxy) is 2. The number of nitrogens with zero attached hydrogens (tertiary/aromatic N) is 1. The predicted octanol–water partition coefficient (Wildman–Crippen LogP) is 0.792. The SMILES string of the molecule is O=C(COc1ccc(F)cc1F)NCCN1CCOCC1. The van der Waals surface area contributed by atoms with Crippen molar-refractivity contribution in [2.45, 2.75) is 0 Å². The van der Waals surface area contributed by atoms with Gasteiger partial charge < -0.3 is 14.8 Å². The van der Waals surface area contributed by atoms with Gasteiger partial charge in [-0.25, -0.2) is 8.78 Å². The highest BCUT2D eigenvalue weighted by molar-refractivity contribution is 5.77. The number of halogens is 2. The van der Waals surface area contributed by atoms with Crippen molar-refractivity contribution < 1.29 is 23.0 Å². The van der Waals surface area contributed by atoms with Gasteiger partial charge in [0.2, 0.25) is 0 Å². The second kappa shape index (κ2) is 7.90. The minimum absolute atomic E-state index is 0.139. The molecule has 0 unspecified atom stereocenters. The molecule has 1 aliphatic heterocycles. The van der Waals surface area contributed by atoms with E-state index in [1.807, 2.05) is 0 Å². The summed E-state index contributed by atoms with van der Waals surface area (Å²) >= 11 is 0. The van der Waals surface area contributed by atoms with E-state index < -0.39 is 11.6 Å². The highest BCUT2D eigenvalue weighted by Gasteiger charge is 2.11. The van der Waals surface area contributed by atoms with Crippen LogP contribution in [0.25, 0.3) is 0 Å². The van der Waals surface area contributed by atoms with Crippen molar-refractivity contribution in [3.63, 3.8) is 0 Å². The summed E-state index contributed by atoms with van der Waals surface area (Å²) in [5.41, 5.74) is 0. The first-order valence-corrected chi connectivity index (χ1v) is 6.80. The molecule has 0 aromatic heterocycles. The molecule has 1 aliphatic rings. The second-order valence-electron chi connectivity index (χ2n) is 4.67. The average Bonchev–Trinajstić information content (AvgIpc) is 2.47. The third-order valence-electron chi connectivity index (χ3n) is 3.11. The quantitative estimate of drug-likeness (QED) is 0.844. The highest BCUT2D eigenvalue weighted by atomic mass is 19.1. The Kier molecular flexibility index (Phi) is 5.89. The number of hydrogen-bond acceptors (Lipinski definition) is 4. The molecule has 0 radical (unpaired) electrons. The number of carbonyl (C=O) groups is 1. The van der Waals surface area contributed by atoms with Crippen molar-refractivity contribution in [3.8, 4) is 5.75 Å². The number of carbonyl (C=O) groups excluding carboxylic acids is 1. The third kappa shape index (κ3) is 5.28. The summed E-state index contributed by atoms with van der Waals surface area (Å²) in [5, 5.41) is 2.69. The average molecular weight is 300 g/mol.